The SMILES string of the molecule is COc1ccc(NC(C(=O)O)C(=O)[N+](=O)[O-])cc1. The van der Waals surface area contributed by atoms with Gasteiger partial charge in [0.2, 0.25) is 0 Å². The molecule has 0 bridgehead atoms. The molecule has 18 heavy (non-hydrogen) atoms. The van der Waals surface area contributed by atoms with Crippen molar-refractivity contribution in [3.8, 4) is 5.75 Å². The van der Waals surface area contributed by atoms with Crippen molar-refractivity contribution in [2.45, 2.75) is 6.04 Å². The lowest BCUT2D eigenvalue weighted by Crippen LogP contribution is -2.41. The maximum Gasteiger partial charge on any atom is 0.478 e. The van der Waals surface area contributed by atoms with E-state index in [1.54, 1.807) is 0 Å². The van der Waals surface area contributed by atoms with E-state index in [1.807, 2.05) is 0 Å². The second-order valence-electron chi connectivity index (χ2n) is 3.24. The number of methoxy groups -OCH3 is 1. The number of hydrogen-bond donors (Lipinski definition) is 2. The molecule has 1 rings (SSSR count). The molecule has 0 spiro atoms. The molecule has 1 aromatic rings. The average molecular weight is 254 g/mol. The predicted octanol–water partition coefficient (Wildman–Crippen LogP) is 0.364. The molecule has 0 saturated heterocycles. The largest absolute Gasteiger partial charge is 0.497 e. The van der Waals surface area contributed by atoms with Gasteiger partial charge in [-0.15, -0.1) is 0 Å². The summed E-state index contributed by atoms with van der Waals surface area (Å²) in [6, 6.07) is 4.02. The van der Waals surface area contributed by atoms with E-state index in [0.717, 1.165) is 0 Å². The molecule has 1 atom stereocenters. The number of nitrogens with one attached hydrogen (secondary N) is 1. The predicted molar refractivity (Wildman–Crippen MR) is 60.0 cm³/mol. The van der Waals surface area contributed by atoms with Crippen molar-refractivity contribution in [2.24, 2.45) is 0 Å². The minimum absolute atomic E-state index is 0.262. The van der Waals surface area contributed by atoms with Gasteiger partial charge in [-0.25, -0.2) is 9.59 Å². The van der Waals surface area contributed by atoms with E-state index >= 15 is 0 Å². The van der Waals surface area contributed by atoms with Gasteiger partial charge < -0.3 is 15.2 Å². The molecule has 0 aromatic heterocycles. The van der Waals surface area contributed by atoms with E-state index in [1.165, 1.54) is 31.4 Å². The third kappa shape index (κ3) is 3.17. The fourth-order valence-electron chi connectivity index (χ4n) is 1.19. The normalized spacial score (nSPS) is 11.4. The van der Waals surface area contributed by atoms with Gasteiger partial charge in [0.15, 0.2) is 0 Å². The van der Waals surface area contributed by atoms with E-state index in [9.17, 15) is 19.7 Å². The maximum absolute atomic E-state index is 11.0. The van der Waals surface area contributed by atoms with Gasteiger partial charge >= 0.3 is 11.9 Å². The Bertz CT molecular complexity index is 470. The Morgan fingerprint density at radius 2 is 1.94 bits per heavy atom. The summed E-state index contributed by atoms with van der Waals surface area (Å²) in [5, 5.41) is 21.3. The molecule has 1 unspecified atom stereocenters. The van der Waals surface area contributed by atoms with Crippen molar-refractivity contribution >= 4 is 17.6 Å². The van der Waals surface area contributed by atoms with Gasteiger partial charge in [0.1, 0.15) is 10.7 Å². The highest BCUT2D eigenvalue weighted by Gasteiger charge is 2.35. The van der Waals surface area contributed by atoms with Crippen LogP contribution >= 0.6 is 0 Å². The van der Waals surface area contributed by atoms with Gasteiger partial charge in [-0.3, -0.25) is 10.1 Å². The molecule has 8 heteroatoms. The lowest BCUT2D eigenvalue weighted by Gasteiger charge is -2.10. The summed E-state index contributed by atoms with van der Waals surface area (Å²) in [4.78, 5) is 30.8. The number of nitro groups is 1. The van der Waals surface area contributed by atoms with Crippen LogP contribution in [0.15, 0.2) is 24.3 Å². The Balaban J connectivity index is 2.86. The molecule has 0 aliphatic rings. The van der Waals surface area contributed by atoms with Crippen LogP contribution in [0.3, 0.4) is 0 Å². The molecular formula is C10H10N2O6. The summed E-state index contributed by atoms with van der Waals surface area (Å²) in [6.45, 7) is 0. The number of carboxylic acids is 1. The van der Waals surface area contributed by atoms with Gasteiger partial charge in [-0.2, -0.15) is 0 Å². The number of amides is 1. The molecule has 1 amide bonds. The first-order chi connectivity index (χ1) is 8.45. The smallest absolute Gasteiger partial charge is 0.478 e. The number of carbonyl (C=O) groups excluding carboxylic acids is 1. The molecule has 0 radical (unpaired) electrons. The highest BCUT2D eigenvalue weighted by atomic mass is 16.6. The number of nitrogens with zero attached hydrogens (tertiary/aromatic N) is 1. The molecule has 96 valence electrons. The summed E-state index contributed by atoms with van der Waals surface area (Å²) in [5.74, 6) is -2.71. The second kappa shape index (κ2) is 5.62. The third-order valence-electron chi connectivity index (χ3n) is 2.07. The molecule has 0 heterocycles. The minimum atomic E-state index is -1.92. The number of rotatable bonds is 5. The number of carbonyl (C=O) groups is 2. The summed E-state index contributed by atoms with van der Waals surface area (Å²) >= 11 is 0. The van der Waals surface area contributed by atoms with Crippen molar-refractivity contribution < 1.29 is 24.4 Å². The van der Waals surface area contributed by atoms with Gasteiger partial charge in [-0.05, 0) is 24.3 Å². The van der Waals surface area contributed by atoms with Crippen LogP contribution < -0.4 is 10.1 Å². The Kier molecular flexibility index (Phi) is 4.19. The first-order valence-electron chi connectivity index (χ1n) is 4.77. The summed E-state index contributed by atoms with van der Waals surface area (Å²) in [6.07, 6.45) is 0. The van der Waals surface area contributed by atoms with Gasteiger partial charge in [0.05, 0.1) is 7.11 Å². The molecule has 2 N–H and O–H groups in total. The number of hydrogen-bond acceptors (Lipinski definition) is 6. The van der Waals surface area contributed by atoms with Crippen molar-refractivity contribution in [2.75, 3.05) is 12.4 Å². The first kappa shape index (κ1) is 13.4. The van der Waals surface area contributed by atoms with Crippen molar-refractivity contribution in [3.05, 3.63) is 34.4 Å². The van der Waals surface area contributed by atoms with Crippen LogP contribution in [0, 0.1) is 10.1 Å². The summed E-state index contributed by atoms with van der Waals surface area (Å²) < 4.78 is 4.89. The van der Waals surface area contributed by atoms with Crippen LogP contribution in [0.1, 0.15) is 0 Å². The van der Waals surface area contributed by atoms with Gasteiger partial charge in [-0.1, -0.05) is 0 Å². The van der Waals surface area contributed by atoms with Crippen molar-refractivity contribution in [3.63, 3.8) is 0 Å². The summed E-state index contributed by atoms with van der Waals surface area (Å²) in [7, 11) is 1.46. The molecule has 0 fully saturated rings. The Labute approximate surface area is 101 Å². The molecule has 0 aliphatic carbocycles. The van der Waals surface area contributed by atoms with E-state index in [-0.39, 0.29) is 5.69 Å². The Hall–Kier alpha value is -2.64. The highest BCUT2D eigenvalue weighted by Crippen LogP contribution is 2.16. The van der Waals surface area contributed by atoms with Crippen LogP contribution in [0.2, 0.25) is 0 Å². The molecule has 1 aromatic carbocycles. The quantitative estimate of drug-likeness (QED) is 0.442. The van der Waals surface area contributed by atoms with Crippen LogP contribution in [0.4, 0.5) is 5.69 Å². The lowest BCUT2D eigenvalue weighted by molar-refractivity contribution is -0.402. The van der Waals surface area contributed by atoms with Crippen LogP contribution in [0.25, 0.3) is 0 Å². The second-order valence-corrected chi connectivity index (χ2v) is 3.24. The topological polar surface area (TPSA) is 119 Å². The van der Waals surface area contributed by atoms with E-state index in [2.05, 4.69) is 5.32 Å². The number of ether oxygens (including phenoxy) is 1. The van der Waals surface area contributed by atoms with Crippen LogP contribution in [-0.4, -0.2) is 35.1 Å². The van der Waals surface area contributed by atoms with Gasteiger partial charge in [0, 0.05) is 5.69 Å². The van der Waals surface area contributed by atoms with Crippen LogP contribution in [0.5, 0.6) is 5.75 Å². The number of carboxylic acid groups (broad SMARTS) is 1. The standard InChI is InChI=1S/C10H10N2O6/c1-18-7-4-2-6(3-5-7)11-8(10(14)15)9(13)12(16)17/h2-5,8,11H,1H3,(H,14,15). The average Bonchev–Trinajstić information content (AvgIpc) is 2.35. The fourth-order valence-corrected chi connectivity index (χ4v) is 1.19. The maximum atomic E-state index is 11.0. The van der Waals surface area contributed by atoms with Crippen LogP contribution in [-0.2, 0) is 9.59 Å². The molecular weight excluding hydrogens is 244 g/mol. The number of benzene rings is 1. The Morgan fingerprint density at radius 1 is 1.39 bits per heavy atom. The third-order valence-corrected chi connectivity index (χ3v) is 2.07. The van der Waals surface area contributed by atoms with E-state index in [4.69, 9.17) is 9.84 Å². The zero-order valence-corrected chi connectivity index (χ0v) is 9.32. The monoisotopic (exact) mass is 254 g/mol. The fraction of sp³-hybridized carbons (Fsp3) is 0.200. The number of anilines is 1. The highest BCUT2D eigenvalue weighted by molar-refractivity contribution is 6.00. The zero-order valence-electron chi connectivity index (χ0n) is 9.32. The minimum Gasteiger partial charge on any atom is -0.497 e. The molecule has 0 aliphatic heterocycles. The first-order valence-corrected chi connectivity index (χ1v) is 4.77. The van der Waals surface area contributed by atoms with Crippen molar-refractivity contribution in [1.29, 1.82) is 0 Å². The summed E-state index contributed by atoms with van der Waals surface area (Å²) in [5.41, 5.74) is 0.262. The number of aliphatic carboxylic acids is 1. The van der Waals surface area contributed by atoms with E-state index in [0.29, 0.717) is 5.75 Å². The molecule has 8 nitrogen and oxygen atoms in total. The molecule has 0 saturated carbocycles. The zero-order chi connectivity index (χ0) is 13.7. The van der Waals surface area contributed by atoms with Crippen molar-refractivity contribution in [1.82, 2.24) is 0 Å². The van der Waals surface area contributed by atoms with Gasteiger partial charge in [0.25, 0.3) is 6.04 Å². The van der Waals surface area contributed by atoms with E-state index < -0.39 is 22.8 Å². The Morgan fingerprint density at radius 3 is 2.33 bits per heavy atom. The lowest BCUT2D eigenvalue weighted by atomic mass is 10.2.